The molecule has 0 unspecified atom stereocenters. The highest BCUT2D eigenvalue weighted by molar-refractivity contribution is 7.26. The van der Waals surface area contributed by atoms with Crippen LogP contribution in [0.2, 0.25) is 0 Å². The molecule has 14 rings (SSSR count). The molecule has 4 aromatic heterocycles. The number of nitrogens with zero attached hydrogens (tertiary/aromatic N) is 5. The van der Waals surface area contributed by atoms with Crippen molar-refractivity contribution in [2.75, 3.05) is 0 Å². The number of aromatic nitrogens is 5. The Bertz CT molecular complexity index is 4270. The van der Waals surface area contributed by atoms with E-state index in [0.717, 1.165) is 44.5 Å². The third-order valence-electron chi connectivity index (χ3n) is 13.6. The molecule has 0 saturated carbocycles. The van der Waals surface area contributed by atoms with Gasteiger partial charge >= 0.3 is 0 Å². The van der Waals surface area contributed by atoms with E-state index < -0.39 is 0 Å². The van der Waals surface area contributed by atoms with Gasteiger partial charge in [0.1, 0.15) is 0 Å². The number of thiophene rings is 1. The van der Waals surface area contributed by atoms with E-state index in [1.54, 1.807) is 0 Å². The van der Waals surface area contributed by atoms with Crippen molar-refractivity contribution in [3.63, 3.8) is 0 Å². The monoisotopic (exact) mass is 897 g/mol. The third-order valence-corrected chi connectivity index (χ3v) is 14.7. The summed E-state index contributed by atoms with van der Waals surface area (Å²) in [6, 6.07) is 84.5. The minimum Gasteiger partial charge on any atom is -0.309 e. The average molecular weight is 898 g/mol. The predicted molar refractivity (Wildman–Crippen MR) is 289 cm³/mol. The third kappa shape index (κ3) is 6.49. The van der Waals surface area contributed by atoms with Gasteiger partial charge in [-0.2, -0.15) is 0 Å². The molecule has 0 spiro atoms. The van der Waals surface area contributed by atoms with E-state index in [-0.39, 0.29) is 0 Å². The number of hydrogen-bond acceptors (Lipinski definition) is 4. The summed E-state index contributed by atoms with van der Waals surface area (Å²) in [6.45, 7) is 0. The molecule has 0 fully saturated rings. The Balaban J connectivity index is 0.969. The number of hydrogen-bond donors (Lipinski definition) is 0. The molecule has 0 saturated heterocycles. The lowest BCUT2D eigenvalue weighted by molar-refractivity contribution is 1.07. The van der Waals surface area contributed by atoms with Crippen LogP contribution in [0.4, 0.5) is 0 Å². The van der Waals surface area contributed by atoms with Crippen molar-refractivity contribution < 1.29 is 0 Å². The maximum atomic E-state index is 5.20. The van der Waals surface area contributed by atoms with Crippen LogP contribution in [-0.4, -0.2) is 24.1 Å². The van der Waals surface area contributed by atoms with E-state index in [1.807, 2.05) is 35.6 Å². The lowest BCUT2D eigenvalue weighted by Gasteiger charge is -2.11. The van der Waals surface area contributed by atoms with E-state index in [0.29, 0.717) is 17.5 Å². The van der Waals surface area contributed by atoms with Crippen LogP contribution in [0.25, 0.3) is 132 Å². The second kappa shape index (κ2) is 15.8. The highest BCUT2D eigenvalue weighted by atomic mass is 32.1. The lowest BCUT2D eigenvalue weighted by Crippen LogP contribution is -2.00. The van der Waals surface area contributed by atoms with Gasteiger partial charge in [-0.05, 0) is 95.1 Å². The Kier molecular flexibility index (Phi) is 9.00. The van der Waals surface area contributed by atoms with Crippen molar-refractivity contribution in [1.29, 1.82) is 0 Å². The van der Waals surface area contributed by atoms with Crippen molar-refractivity contribution in [3.8, 4) is 67.8 Å². The summed E-state index contributed by atoms with van der Waals surface area (Å²) < 4.78 is 7.38. The van der Waals surface area contributed by atoms with Gasteiger partial charge in [0.2, 0.25) is 0 Å². The fourth-order valence-electron chi connectivity index (χ4n) is 10.3. The Morgan fingerprint density at radius 1 is 0.275 bits per heavy atom. The van der Waals surface area contributed by atoms with Gasteiger partial charge in [-0.1, -0.05) is 164 Å². The second-order valence-electron chi connectivity index (χ2n) is 17.6. The smallest absolute Gasteiger partial charge is 0.164 e. The van der Waals surface area contributed by atoms with E-state index in [2.05, 4.69) is 221 Å². The zero-order valence-electron chi connectivity index (χ0n) is 37.2. The molecule has 0 atom stereocenters. The number of rotatable bonds is 7. The standard InChI is InChI=1S/C63H39N5S/c1-5-15-40(16-6-1)42-25-27-44(28-26-42)62-64-61(43-19-9-3-10-20-43)65-63(66-62)46-30-34-56-52(38-46)50-32-36-58-59(60(50)68(56)47-21-11-4-12-22-47)53-39-48(31-35-57(53)69-58)67-54-24-14-13-23-49(54)51-37-45(29-33-55(51)67)41-17-7-2-8-18-41/h1-39H. The number of fused-ring (bicyclic) bond motifs is 10. The van der Waals surface area contributed by atoms with Crippen LogP contribution in [0.3, 0.4) is 0 Å². The van der Waals surface area contributed by atoms with Crippen LogP contribution in [0.15, 0.2) is 237 Å². The molecule has 5 nitrogen and oxygen atoms in total. The Morgan fingerprint density at radius 3 is 1.46 bits per heavy atom. The molecule has 0 aliphatic heterocycles. The highest BCUT2D eigenvalue weighted by Gasteiger charge is 2.22. The van der Waals surface area contributed by atoms with Gasteiger partial charge in [0.25, 0.3) is 0 Å². The first-order chi connectivity index (χ1) is 34.2. The molecular formula is C63H39N5S. The van der Waals surface area contributed by atoms with Gasteiger partial charge < -0.3 is 9.13 Å². The number of para-hydroxylation sites is 2. The SMILES string of the molecule is c1ccc(-c2ccc(-c3nc(-c4ccccc4)nc(-c4ccc5c(c4)c4ccc6sc7ccc(-n8c9ccccc9c9cc(-c%10ccccc%10)ccc98)cc7c6c4n5-c4ccccc4)n3)cc2)cc1. The minimum absolute atomic E-state index is 0.627. The quantitative estimate of drug-likeness (QED) is 0.160. The van der Waals surface area contributed by atoms with E-state index in [9.17, 15) is 0 Å². The summed E-state index contributed by atoms with van der Waals surface area (Å²) in [6.07, 6.45) is 0. The Labute approximate surface area is 401 Å². The topological polar surface area (TPSA) is 48.5 Å². The summed E-state index contributed by atoms with van der Waals surface area (Å²) in [4.78, 5) is 15.4. The normalized spacial score (nSPS) is 11.8. The van der Waals surface area contributed by atoms with Crippen LogP contribution < -0.4 is 0 Å². The minimum atomic E-state index is 0.627. The van der Waals surface area contributed by atoms with Gasteiger partial charge in [0.15, 0.2) is 17.5 Å². The molecular weight excluding hydrogens is 859 g/mol. The van der Waals surface area contributed by atoms with Gasteiger partial charge in [-0.15, -0.1) is 11.3 Å². The van der Waals surface area contributed by atoms with E-state index in [4.69, 9.17) is 15.0 Å². The Morgan fingerprint density at radius 2 is 0.754 bits per heavy atom. The second-order valence-corrected chi connectivity index (χ2v) is 18.7. The first-order valence-corrected chi connectivity index (χ1v) is 24.1. The number of benzene rings is 10. The Hall–Kier alpha value is -8.97. The van der Waals surface area contributed by atoms with Crippen LogP contribution in [0, 0.1) is 0 Å². The maximum absolute atomic E-state index is 5.20. The molecule has 322 valence electrons. The van der Waals surface area contributed by atoms with E-state index >= 15 is 0 Å². The largest absolute Gasteiger partial charge is 0.309 e. The molecule has 0 aliphatic carbocycles. The van der Waals surface area contributed by atoms with Crippen LogP contribution in [-0.2, 0) is 0 Å². The summed E-state index contributed by atoms with van der Waals surface area (Å²) >= 11 is 1.85. The summed E-state index contributed by atoms with van der Waals surface area (Å²) in [5.41, 5.74) is 14.5. The molecule has 0 aliphatic rings. The van der Waals surface area contributed by atoms with Crippen molar-refractivity contribution in [3.05, 3.63) is 237 Å². The molecule has 0 N–H and O–H groups in total. The van der Waals surface area contributed by atoms with E-state index in [1.165, 1.54) is 69.6 Å². The van der Waals surface area contributed by atoms with Crippen molar-refractivity contribution in [2.24, 2.45) is 0 Å². The van der Waals surface area contributed by atoms with Crippen molar-refractivity contribution in [2.45, 2.75) is 0 Å². The van der Waals surface area contributed by atoms with Gasteiger partial charge in [-0.3, -0.25) is 0 Å². The van der Waals surface area contributed by atoms with Crippen molar-refractivity contribution in [1.82, 2.24) is 24.1 Å². The fraction of sp³-hybridized carbons (Fsp3) is 0. The van der Waals surface area contributed by atoms with Gasteiger partial charge in [0, 0.05) is 69.8 Å². The van der Waals surface area contributed by atoms with Gasteiger partial charge in [-0.25, -0.2) is 15.0 Å². The molecule has 0 bridgehead atoms. The molecule has 10 aromatic carbocycles. The molecule has 69 heavy (non-hydrogen) atoms. The first-order valence-electron chi connectivity index (χ1n) is 23.3. The fourth-order valence-corrected chi connectivity index (χ4v) is 11.4. The van der Waals surface area contributed by atoms with Crippen LogP contribution in [0.1, 0.15) is 0 Å². The molecule has 0 amide bonds. The average Bonchev–Trinajstić information content (AvgIpc) is 4.08. The van der Waals surface area contributed by atoms with Crippen molar-refractivity contribution >= 4 is 75.1 Å². The zero-order valence-corrected chi connectivity index (χ0v) is 38.0. The molecule has 14 aromatic rings. The van der Waals surface area contributed by atoms with Crippen LogP contribution in [0.5, 0.6) is 0 Å². The summed E-state index contributed by atoms with van der Waals surface area (Å²) in [5, 5.41) is 7.27. The lowest BCUT2D eigenvalue weighted by atomic mass is 10.0. The summed E-state index contributed by atoms with van der Waals surface area (Å²) in [5.74, 6) is 1.89. The highest BCUT2D eigenvalue weighted by Crippen LogP contribution is 2.45. The molecule has 6 heteroatoms. The predicted octanol–water partition coefficient (Wildman–Crippen LogP) is 16.8. The van der Waals surface area contributed by atoms with Crippen LogP contribution >= 0.6 is 11.3 Å². The molecule has 0 radical (unpaired) electrons. The molecule has 4 heterocycles. The zero-order chi connectivity index (χ0) is 45.4. The first kappa shape index (κ1) is 39.2. The maximum Gasteiger partial charge on any atom is 0.164 e. The summed E-state index contributed by atoms with van der Waals surface area (Å²) in [7, 11) is 0. The van der Waals surface area contributed by atoms with Gasteiger partial charge in [0.05, 0.1) is 22.1 Å².